The van der Waals surface area contributed by atoms with Gasteiger partial charge in [0.05, 0.1) is 22.8 Å². The fourth-order valence-electron chi connectivity index (χ4n) is 1.14. The molecule has 0 aliphatic rings. The number of Topliss-reactive ketones (excluding diaryl/α,β-unsaturated/α-hetero) is 1. The molecule has 80 valence electrons. The Morgan fingerprint density at radius 1 is 1.53 bits per heavy atom. The molecule has 1 N–H and O–H groups in total. The minimum Gasteiger partial charge on any atom is -0.294 e. The Morgan fingerprint density at radius 2 is 2.27 bits per heavy atom. The molecule has 0 aliphatic heterocycles. The van der Waals surface area contributed by atoms with Gasteiger partial charge in [0.2, 0.25) is 0 Å². The van der Waals surface area contributed by atoms with Crippen LogP contribution < -0.4 is 5.43 Å². The van der Waals surface area contributed by atoms with E-state index in [9.17, 15) is 4.79 Å². The lowest BCUT2D eigenvalue weighted by molar-refractivity contribution is 0.101. The zero-order valence-corrected chi connectivity index (χ0v) is 9.38. The number of hydrogen-bond donors (Lipinski definition) is 1. The number of anilines is 1. The van der Waals surface area contributed by atoms with Crippen molar-refractivity contribution in [1.82, 2.24) is 0 Å². The number of rotatable bonds is 4. The molecule has 15 heavy (non-hydrogen) atoms. The third-order valence-corrected chi connectivity index (χ3v) is 2.06. The summed E-state index contributed by atoms with van der Waals surface area (Å²) in [4.78, 5) is 11.3. The summed E-state index contributed by atoms with van der Waals surface area (Å²) in [5.74, 6) is -0.102. The summed E-state index contributed by atoms with van der Waals surface area (Å²) in [7, 11) is 0. The number of benzene rings is 1. The minimum absolute atomic E-state index is 0.102. The maximum absolute atomic E-state index is 11.3. The Bertz CT molecular complexity index is 390. The van der Waals surface area contributed by atoms with Crippen LogP contribution in [0.3, 0.4) is 0 Å². The lowest BCUT2D eigenvalue weighted by Crippen LogP contribution is -2.00. The summed E-state index contributed by atoms with van der Waals surface area (Å²) in [5, 5.41) is 7.88. The van der Waals surface area contributed by atoms with Gasteiger partial charge < -0.3 is 0 Å². The van der Waals surface area contributed by atoms with Crippen molar-refractivity contribution in [2.45, 2.75) is 13.8 Å². The van der Waals surface area contributed by atoms with E-state index in [1.807, 2.05) is 6.92 Å². The summed E-state index contributed by atoms with van der Waals surface area (Å²) < 4.78 is 0. The van der Waals surface area contributed by atoms with Crippen LogP contribution in [0.1, 0.15) is 24.2 Å². The smallest absolute Gasteiger partial charge is 0.163 e. The van der Waals surface area contributed by atoms with E-state index in [-0.39, 0.29) is 5.78 Å². The van der Waals surface area contributed by atoms with Crippen LogP contribution in [0.15, 0.2) is 28.5 Å². The van der Waals surface area contributed by atoms with Gasteiger partial charge in [-0.05, 0) is 26.0 Å². The number of halogens is 1. The van der Waals surface area contributed by atoms with E-state index < -0.39 is 0 Å². The van der Waals surface area contributed by atoms with Gasteiger partial charge in [-0.15, -0.1) is 0 Å². The van der Waals surface area contributed by atoms with Gasteiger partial charge in [0, 0.05) is 0 Å². The van der Waals surface area contributed by atoms with E-state index in [1.165, 1.54) is 6.92 Å². The fourth-order valence-corrected chi connectivity index (χ4v) is 1.44. The molecule has 0 aliphatic carbocycles. The standard InChI is InChI=1S/C10H12ClN3O/c1-3-12-14-13-9-6-4-5-8(11)10(9)7(2)15/h4-6H,3H2,1-2H3,(H,12,13). The lowest BCUT2D eigenvalue weighted by atomic mass is 10.1. The molecule has 0 radical (unpaired) electrons. The summed E-state index contributed by atoms with van der Waals surface area (Å²) in [6, 6.07) is 5.15. The summed E-state index contributed by atoms with van der Waals surface area (Å²) in [6.45, 7) is 3.92. The molecular formula is C10H12ClN3O. The average Bonchev–Trinajstić information content (AvgIpc) is 2.17. The second kappa shape index (κ2) is 5.46. The van der Waals surface area contributed by atoms with Gasteiger partial charge in [0.15, 0.2) is 5.78 Å². The zero-order valence-electron chi connectivity index (χ0n) is 8.62. The van der Waals surface area contributed by atoms with E-state index in [2.05, 4.69) is 15.8 Å². The summed E-state index contributed by atoms with van der Waals surface area (Å²) in [6.07, 6.45) is 0. The molecule has 0 saturated heterocycles. The Morgan fingerprint density at radius 3 is 2.87 bits per heavy atom. The maximum Gasteiger partial charge on any atom is 0.163 e. The molecule has 0 saturated carbocycles. The predicted molar refractivity (Wildman–Crippen MR) is 60.5 cm³/mol. The van der Waals surface area contributed by atoms with E-state index in [4.69, 9.17) is 11.6 Å². The molecule has 0 amide bonds. The monoisotopic (exact) mass is 225 g/mol. The van der Waals surface area contributed by atoms with Crippen LogP contribution in [0.5, 0.6) is 0 Å². The van der Waals surface area contributed by atoms with Crippen molar-refractivity contribution < 1.29 is 4.79 Å². The van der Waals surface area contributed by atoms with Crippen molar-refractivity contribution in [3.63, 3.8) is 0 Å². The Kier molecular flexibility index (Phi) is 4.24. The minimum atomic E-state index is -0.102. The molecule has 1 aromatic carbocycles. The number of ketones is 1. The molecule has 1 aromatic rings. The molecule has 0 aromatic heterocycles. The molecule has 0 spiro atoms. The molecule has 0 fully saturated rings. The van der Waals surface area contributed by atoms with Gasteiger partial charge in [-0.2, -0.15) is 5.11 Å². The fraction of sp³-hybridized carbons (Fsp3) is 0.300. The maximum atomic E-state index is 11.3. The van der Waals surface area contributed by atoms with Gasteiger partial charge in [-0.25, -0.2) is 0 Å². The Labute approximate surface area is 93.3 Å². The topological polar surface area (TPSA) is 53.8 Å². The third-order valence-electron chi connectivity index (χ3n) is 1.75. The van der Waals surface area contributed by atoms with E-state index >= 15 is 0 Å². The highest BCUT2D eigenvalue weighted by molar-refractivity contribution is 6.34. The quantitative estimate of drug-likeness (QED) is 0.485. The summed E-state index contributed by atoms with van der Waals surface area (Å²) in [5.41, 5.74) is 3.70. The van der Waals surface area contributed by atoms with Gasteiger partial charge >= 0.3 is 0 Å². The second-order valence-corrected chi connectivity index (χ2v) is 3.30. The van der Waals surface area contributed by atoms with Gasteiger partial charge in [-0.1, -0.05) is 22.9 Å². The van der Waals surface area contributed by atoms with Crippen LogP contribution in [0.2, 0.25) is 5.02 Å². The van der Waals surface area contributed by atoms with Crippen LogP contribution in [-0.4, -0.2) is 12.3 Å². The highest BCUT2D eigenvalue weighted by atomic mass is 35.5. The second-order valence-electron chi connectivity index (χ2n) is 2.89. The van der Waals surface area contributed by atoms with Crippen molar-refractivity contribution >= 4 is 23.1 Å². The normalized spacial score (nSPS) is 10.6. The first-order chi connectivity index (χ1) is 7.16. The lowest BCUT2D eigenvalue weighted by Gasteiger charge is -2.06. The highest BCUT2D eigenvalue weighted by Gasteiger charge is 2.10. The van der Waals surface area contributed by atoms with Crippen LogP contribution in [0, 0.1) is 0 Å². The van der Waals surface area contributed by atoms with E-state index in [1.54, 1.807) is 18.2 Å². The number of carbonyl (C=O) groups is 1. The Balaban J connectivity index is 3.01. The van der Waals surface area contributed by atoms with Crippen molar-refractivity contribution in [3.05, 3.63) is 28.8 Å². The molecule has 4 nitrogen and oxygen atoms in total. The first-order valence-electron chi connectivity index (χ1n) is 4.58. The average molecular weight is 226 g/mol. The van der Waals surface area contributed by atoms with E-state index in [0.717, 1.165) is 0 Å². The Hall–Kier alpha value is -1.42. The first-order valence-corrected chi connectivity index (χ1v) is 4.96. The molecule has 0 unspecified atom stereocenters. The first kappa shape index (κ1) is 11.7. The summed E-state index contributed by atoms with van der Waals surface area (Å²) >= 11 is 5.90. The van der Waals surface area contributed by atoms with Crippen LogP contribution in [0.25, 0.3) is 0 Å². The van der Waals surface area contributed by atoms with Gasteiger partial charge in [-0.3, -0.25) is 10.2 Å². The van der Waals surface area contributed by atoms with Crippen molar-refractivity contribution in [3.8, 4) is 0 Å². The molecule has 0 heterocycles. The van der Waals surface area contributed by atoms with E-state index in [0.29, 0.717) is 22.8 Å². The van der Waals surface area contributed by atoms with Crippen LogP contribution >= 0.6 is 11.6 Å². The van der Waals surface area contributed by atoms with Gasteiger partial charge in [0.25, 0.3) is 0 Å². The molecule has 0 atom stereocenters. The number of carbonyl (C=O) groups excluding carboxylic acids is 1. The predicted octanol–water partition coefficient (Wildman–Crippen LogP) is 3.34. The number of nitrogens with zero attached hydrogens (tertiary/aromatic N) is 2. The van der Waals surface area contributed by atoms with Crippen LogP contribution in [0.4, 0.5) is 5.69 Å². The molecule has 0 bridgehead atoms. The SMILES string of the molecule is CCN=NNc1cccc(Cl)c1C(C)=O. The van der Waals surface area contributed by atoms with Crippen molar-refractivity contribution in [1.29, 1.82) is 0 Å². The highest BCUT2D eigenvalue weighted by Crippen LogP contribution is 2.24. The zero-order chi connectivity index (χ0) is 11.3. The van der Waals surface area contributed by atoms with Crippen molar-refractivity contribution in [2.24, 2.45) is 10.3 Å². The van der Waals surface area contributed by atoms with Gasteiger partial charge in [0.1, 0.15) is 0 Å². The largest absolute Gasteiger partial charge is 0.294 e. The molecule has 1 rings (SSSR count). The molecule has 5 heteroatoms. The molecular weight excluding hydrogens is 214 g/mol. The van der Waals surface area contributed by atoms with Crippen molar-refractivity contribution in [2.75, 3.05) is 12.0 Å². The van der Waals surface area contributed by atoms with Crippen LogP contribution in [-0.2, 0) is 0 Å². The number of nitrogens with one attached hydrogen (secondary N) is 1. The third kappa shape index (κ3) is 3.02. The number of hydrogen-bond acceptors (Lipinski definition) is 3.